The molecule has 2 heterocycles. The molecule has 2 heteroatoms. The molecule has 1 aliphatic carbocycles. The largest absolute Gasteiger partial charge is 0.309 e. The van der Waals surface area contributed by atoms with Gasteiger partial charge in [-0.15, -0.1) is 0 Å². The third-order valence-electron chi connectivity index (χ3n) is 14.5. The van der Waals surface area contributed by atoms with E-state index in [4.69, 9.17) is 0 Å². The number of rotatable bonds is 3. The van der Waals surface area contributed by atoms with Crippen LogP contribution in [-0.2, 0) is 5.41 Å². The Morgan fingerprint density at radius 3 is 1.74 bits per heavy atom. The van der Waals surface area contributed by atoms with E-state index in [1.807, 2.05) is 0 Å². The Bertz CT molecular complexity index is 3660. The van der Waals surface area contributed by atoms with Crippen molar-refractivity contribution >= 4 is 72.6 Å². The lowest BCUT2D eigenvalue weighted by atomic mass is 9.80. The van der Waals surface area contributed by atoms with Crippen LogP contribution in [0.4, 0.5) is 0 Å². The molecule has 0 fully saturated rings. The van der Waals surface area contributed by atoms with E-state index in [2.05, 4.69) is 220 Å². The minimum absolute atomic E-state index is 0.0516. The van der Waals surface area contributed by atoms with Gasteiger partial charge in [0.1, 0.15) is 8.07 Å². The molecule has 0 radical (unpaired) electrons. The van der Waals surface area contributed by atoms with Gasteiger partial charge in [-0.1, -0.05) is 179 Å². The Morgan fingerprint density at radius 1 is 0.393 bits per heavy atom. The first kappa shape index (κ1) is 34.8. The van der Waals surface area contributed by atoms with Gasteiger partial charge in [0.05, 0.1) is 11.0 Å². The molecule has 0 saturated heterocycles. The molecule has 1 aliphatic heterocycles. The molecule has 0 amide bonds. The molecule has 1 nitrogen and oxygen atoms in total. The van der Waals surface area contributed by atoms with Gasteiger partial charge in [-0.25, -0.2) is 0 Å². The van der Waals surface area contributed by atoms with Gasteiger partial charge in [-0.2, -0.15) is 0 Å². The summed E-state index contributed by atoms with van der Waals surface area (Å²) in [5.74, 6) is 0. The van der Waals surface area contributed by atoms with E-state index in [0.29, 0.717) is 0 Å². The van der Waals surface area contributed by atoms with E-state index in [9.17, 15) is 0 Å². The van der Waals surface area contributed by atoms with Gasteiger partial charge >= 0.3 is 0 Å². The lowest BCUT2D eigenvalue weighted by Crippen LogP contribution is -2.49. The fraction of sp³-hybridized carbons (Fsp3) is 0.0847. The highest BCUT2D eigenvalue weighted by molar-refractivity contribution is 7.04. The fourth-order valence-electron chi connectivity index (χ4n) is 11.6. The maximum absolute atomic E-state index is 2.54. The van der Waals surface area contributed by atoms with Gasteiger partial charge in [0.2, 0.25) is 0 Å². The smallest absolute Gasteiger partial charge is 0.113 e. The Morgan fingerprint density at radius 2 is 0.967 bits per heavy atom. The van der Waals surface area contributed by atoms with Crippen molar-refractivity contribution in [3.8, 4) is 50.2 Å². The predicted octanol–water partition coefficient (Wildman–Crippen LogP) is 14.7. The summed E-state index contributed by atoms with van der Waals surface area (Å²) < 4.78 is 2.47. The molecule has 10 aromatic carbocycles. The third-order valence-corrected chi connectivity index (χ3v) is 18.0. The topological polar surface area (TPSA) is 4.93 Å². The molecule has 61 heavy (non-hydrogen) atoms. The van der Waals surface area contributed by atoms with Crippen LogP contribution >= 0.6 is 0 Å². The van der Waals surface area contributed by atoms with Gasteiger partial charge in [0, 0.05) is 21.9 Å². The second kappa shape index (κ2) is 12.3. The van der Waals surface area contributed by atoms with Gasteiger partial charge in [-0.05, 0) is 135 Å². The normalized spacial score (nSPS) is 14.5. The van der Waals surface area contributed by atoms with Crippen molar-refractivity contribution in [1.29, 1.82) is 0 Å². The highest BCUT2D eigenvalue weighted by Gasteiger charge is 2.39. The number of fused-ring (bicyclic) bond motifs is 13. The Balaban J connectivity index is 0.909. The van der Waals surface area contributed by atoms with Gasteiger partial charge in [-0.3, -0.25) is 0 Å². The van der Waals surface area contributed by atoms with Crippen LogP contribution in [-0.4, -0.2) is 12.6 Å². The molecule has 0 atom stereocenters. The summed E-state index contributed by atoms with van der Waals surface area (Å²) in [4.78, 5) is 0. The number of hydrogen-bond acceptors (Lipinski definition) is 0. The van der Waals surface area contributed by atoms with E-state index in [1.54, 1.807) is 0 Å². The lowest BCUT2D eigenvalue weighted by Gasteiger charge is -2.23. The average Bonchev–Trinajstić information content (AvgIpc) is 3.84. The quantitative estimate of drug-likeness (QED) is 0.124. The van der Waals surface area contributed by atoms with Crippen molar-refractivity contribution in [3.63, 3.8) is 0 Å². The zero-order chi connectivity index (χ0) is 40.8. The summed E-state index contributed by atoms with van der Waals surface area (Å²) >= 11 is 0. The van der Waals surface area contributed by atoms with Crippen molar-refractivity contribution in [2.24, 2.45) is 0 Å². The summed E-state index contributed by atoms with van der Waals surface area (Å²) in [6, 6.07) is 71.4. The molecule has 13 rings (SSSR count). The second-order valence-electron chi connectivity index (χ2n) is 18.5. The van der Waals surface area contributed by atoms with E-state index in [0.717, 1.165) is 0 Å². The molecule has 0 N–H and O–H groups in total. The Hall–Kier alpha value is -7.00. The van der Waals surface area contributed by atoms with Crippen LogP contribution in [0.1, 0.15) is 25.0 Å². The minimum Gasteiger partial charge on any atom is -0.309 e. The summed E-state index contributed by atoms with van der Waals surface area (Å²) in [7, 11) is -2.04. The van der Waals surface area contributed by atoms with Crippen molar-refractivity contribution in [3.05, 3.63) is 199 Å². The minimum atomic E-state index is -2.04. The molecule has 0 bridgehead atoms. The van der Waals surface area contributed by atoms with E-state index in [-0.39, 0.29) is 5.41 Å². The highest BCUT2D eigenvalue weighted by atomic mass is 28.3. The first-order valence-corrected chi connectivity index (χ1v) is 24.7. The average molecular weight is 794 g/mol. The number of nitrogens with zero attached hydrogens (tertiary/aromatic N) is 1. The molecule has 0 unspecified atom stereocenters. The maximum Gasteiger partial charge on any atom is 0.113 e. The first-order chi connectivity index (χ1) is 29.8. The van der Waals surface area contributed by atoms with Gasteiger partial charge in [0.25, 0.3) is 0 Å². The van der Waals surface area contributed by atoms with Gasteiger partial charge < -0.3 is 4.57 Å². The van der Waals surface area contributed by atoms with E-state index in [1.165, 1.54) is 126 Å². The Kier molecular flexibility index (Phi) is 7.01. The van der Waals surface area contributed by atoms with Crippen molar-refractivity contribution < 1.29 is 0 Å². The summed E-state index contributed by atoms with van der Waals surface area (Å²) in [5, 5.41) is 13.4. The first-order valence-electron chi connectivity index (χ1n) is 21.7. The van der Waals surface area contributed by atoms with Crippen LogP contribution < -0.4 is 10.4 Å². The van der Waals surface area contributed by atoms with E-state index >= 15 is 0 Å². The van der Waals surface area contributed by atoms with Crippen LogP contribution in [0.5, 0.6) is 0 Å². The van der Waals surface area contributed by atoms with Crippen molar-refractivity contribution in [2.45, 2.75) is 32.4 Å². The molecule has 11 aromatic rings. The van der Waals surface area contributed by atoms with Crippen LogP contribution in [0.2, 0.25) is 13.1 Å². The standard InChI is InChI=1S/C59H43NSi/c1-59(2)52-19-11-9-17-46(52)50-28-22-40-32-42(25-29-45(40)58(50)59)60-53-20-12-10-18-47(53)51-33-36(24-30-54(51)60)37-21-26-48-49-27-23-41(35-56(49)61(3,4)55(48)34-37)57-43-15-7-5-13-38(43)31-39-14-6-8-16-44(39)57/h5-35H,1-4H3. The molecule has 1 aromatic heterocycles. The summed E-state index contributed by atoms with van der Waals surface area (Å²) in [6.45, 7) is 9.84. The maximum atomic E-state index is 2.54. The van der Waals surface area contributed by atoms with Crippen LogP contribution in [0.3, 0.4) is 0 Å². The molecule has 0 saturated carbocycles. The fourth-order valence-corrected chi connectivity index (χ4v) is 14.7. The molecular weight excluding hydrogens is 751 g/mol. The Labute approximate surface area is 357 Å². The number of para-hydroxylation sites is 1. The van der Waals surface area contributed by atoms with Crippen molar-refractivity contribution in [2.75, 3.05) is 0 Å². The zero-order valence-electron chi connectivity index (χ0n) is 34.8. The van der Waals surface area contributed by atoms with Crippen LogP contribution in [0.15, 0.2) is 188 Å². The number of benzene rings is 10. The molecule has 2 aliphatic rings. The number of hydrogen-bond donors (Lipinski definition) is 0. The van der Waals surface area contributed by atoms with Gasteiger partial charge in [0.15, 0.2) is 0 Å². The third kappa shape index (κ3) is 4.77. The lowest BCUT2D eigenvalue weighted by molar-refractivity contribution is 0.666. The predicted molar refractivity (Wildman–Crippen MR) is 264 cm³/mol. The number of aromatic nitrogens is 1. The summed E-state index contributed by atoms with van der Waals surface area (Å²) in [5.41, 5.74) is 17.2. The molecule has 0 spiro atoms. The second-order valence-corrected chi connectivity index (χ2v) is 22.8. The molecular formula is C59H43NSi. The molecule has 288 valence electrons. The highest BCUT2D eigenvalue weighted by Crippen LogP contribution is 2.51. The van der Waals surface area contributed by atoms with Crippen molar-refractivity contribution in [1.82, 2.24) is 4.57 Å². The van der Waals surface area contributed by atoms with Crippen LogP contribution in [0.25, 0.3) is 104 Å². The van der Waals surface area contributed by atoms with Crippen LogP contribution in [0, 0.1) is 0 Å². The zero-order valence-corrected chi connectivity index (χ0v) is 35.8. The SMILES string of the molecule is CC1(C)c2ccccc2-c2ccc3cc(-n4c5ccccc5c5cc(-c6ccc7c(c6)[Si](C)(C)c6cc(-c8c9ccccc9cc9ccccc89)ccc6-7)ccc54)ccc3c21. The summed E-state index contributed by atoms with van der Waals surface area (Å²) in [6.07, 6.45) is 0. The van der Waals surface area contributed by atoms with E-state index < -0.39 is 8.07 Å². The monoisotopic (exact) mass is 793 g/mol.